The molecule has 1 N–H and O–H groups in total. The van der Waals surface area contributed by atoms with E-state index in [1.807, 2.05) is 0 Å². The highest BCUT2D eigenvalue weighted by Gasteiger charge is 2.25. The fraction of sp³-hybridized carbons (Fsp3) is 0.818. The predicted molar refractivity (Wildman–Crippen MR) is 59.9 cm³/mol. The van der Waals surface area contributed by atoms with Crippen LogP contribution < -0.4 is 12.4 Å². The maximum atomic E-state index is 11.5. The summed E-state index contributed by atoms with van der Waals surface area (Å²) in [5, 5.41) is 8.80. The third-order valence-corrected chi connectivity index (χ3v) is 1.82. The molecule has 0 fully saturated rings. The SMILES string of the molecule is [2H]C([2H])([2H])[N+](C)(C)C[C@@H](CC(=O)O)OC(=O)C(C)C.[Cl-]. The molecule has 0 saturated carbocycles. The maximum Gasteiger partial charge on any atom is 0.308 e. The quantitative estimate of drug-likeness (QED) is 0.437. The highest BCUT2D eigenvalue weighted by Crippen LogP contribution is 2.08. The second-order valence-electron chi connectivity index (χ2n) is 4.68. The summed E-state index contributed by atoms with van der Waals surface area (Å²) in [5.74, 6) is -2.05. The second-order valence-corrected chi connectivity index (χ2v) is 4.68. The van der Waals surface area contributed by atoms with E-state index in [9.17, 15) is 9.59 Å². The van der Waals surface area contributed by atoms with Crippen LogP contribution in [0.15, 0.2) is 0 Å². The van der Waals surface area contributed by atoms with Crippen LogP contribution in [0.1, 0.15) is 24.4 Å². The van der Waals surface area contributed by atoms with Crippen LogP contribution >= 0.6 is 0 Å². The van der Waals surface area contributed by atoms with Gasteiger partial charge in [-0.1, -0.05) is 13.8 Å². The van der Waals surface area contributed by atoms with Crippen molar-refractivity contribution in [3.63, 3.8) is 0 Å². The number of halogens is 1. The summed E-state index contributed by atoms with van der Waals surface area (Å²) in [5.41, 5.74) is 0. The van der Waals surface area contributed by atoms with Crippen LogP contribution in [0.4, 0.5) is 0 Å². The van der Waals surface area contributed by atoms with Gasteiger partial charge in [0.15, 0.2) is 6.10 Å². The van der Waals surface area contributed by atoms with E-state index in [4.69, 9.17) is 14.0 Å². The molecular formula is C11H22ClNO4. The van der Waals surface area contributed by atoms with Gasteiger partial charge in [-0.15, -0.1) is 0 Å². The average molecular weight is 271 g/mol. The molecule has 0 aliphatic rings. The van der Waals surface area contributed by atoms with Crippen molar-refractivity contribution in [1.82, 2.24) is 0 Å². The zero-order valence-corrected chi connectivity index (χ0v) is 11.3. The van der Waals surface area contributed by atoms with E-state index in [2.05, 4.69) is 0 Å². The lowest BCUT2D eigenvalue weighted by Crippen LogP contribution is -3.00. The van der Waals surface area contributed by atoms with Crippen molar-refractivity contribution in [2.75, 3.05) is 27.6 Å². The highest BCUT2D eigenvalue weighted by atomic mass is 35.5. The Morgan fingerprint density at radius 1 is 1.41 bits per heavy atom. The fourth-order valence-electron chi connectivity index (χ4n) is 1.15. The number of ether oxygens (including phenoxy) is 1. The Kier molecular flexibility index (Phi) is 5.58. The Hall–Kier alpha value is -0.810. The van der Waals surface area contributed by atoms with E-state index >= 15 is 0 Å². The minimum Gasteiger partial charge on any atom is -1.00 e. The number of esters is 1. The van der Waals surface area contributed by atoms with Crippen molar-refractivity contribution in [3.05, 3.63) is 0 Å². The molecule has 0 bridgehead atoms. The van der Waals surface area contributed by atoms with Crippen LogP contribution in [-0.4, -0.2) is 55.2 Å². The van der Waals surface area contributed by atoms with Gasteiger partial charge in [-0.2, -0.15) is 0 Å². The molecule has 102 valence electrons. The summed E-state index contributed by atoms with van der Waals surface area (Å²) in [6.45, 7) is 0.871. The molecule has 0 spiro atoms. The van der Waals surface area contributed by atoms with Crippen LogP contribution in [0.25, 0.3) is 0 Å². The van der Waals surface area contributed by atoms with Gasteiger partial charge in [0.1, 0.15) is 6.54 Å². The smallest absolute Gasteiger partial charge is 0.308 e. The van der Waals surface area contributed by atoms with Gasteiger partial charge in [-0.3, -0.25) is 9.59 Å². The van der Waals surface area contributed by atoms with E-state index in [-0.39, 0.29) is 24.9 Å². The van der Waals surface area contributed by atoms with E-state index in [1.54, 1.807) is 13.8 Å². The number of hydrogen-bond acceptors (Lipinski definition) is 3. The summed E-state index contributed by atoms with van der Waals surface area (Å²) in [7, 11) is 2.90. The Bertz CT molecular complexity index is 345. The monoisotopic (exact) mass is 270 g/mol. The number of hydrogen-bond donors (Lipinski definition) is 1. The Morgan fingerprint density at radius 2 is 1.94 bits per heavy atom. The third-order valence-electron chi connectivity index (χ3n) is 1.82. The Balaban J connectivity index is 0. The predicted octanol–water partition coefficient (Wildman–Crippen LogP) is -2.26. The number of aliphatic carboxylic acids is 1. The van der Waals surface area contributed by atoms with Crippen molar-refractivity contribution < 1.29 is 40.4 Å². The zero-order chi connectivity index (χ0) is 15.4. The Morgan fingerprint density at radius 3 is 2.29 bits per heavy atom. The summed E-state index contributed by atoms with van der Waals surface area (Å²) < 4.78 is 26.8. The number of carbonyl (C=O) groups is 2. The van der Waals surface area contributed by atoms with Crippen LogP contribution in [0.2, 0.25) is 0 Å². The average Bonchev–Trinajstić information content (AvgIpc) is 2.13. The summed E-state index contributed by atoms with van der Waals surface area (Å²) in [4.78, 5) is 22.3. The molecule has 5 nitrogen and oxygen atoms in total. The van der Waals surface area contributed by atoms with Crippen LogP contribution in [0.3, 0.4) is 0 Å². The van der Waals surface area contributed by atoms with Gasteiger partial charge in [0.25, 0.3) is 0 Å². The lowest BCUT2D eigenvalue weighted by molar-refractivity contribution is -0.873. The largest absolute Gasteiger partial charge is 1.00 e. The highest BCUT2D eigenvalue weighted by molar-refractivity contribution is 5.73. The molecule has 17 heavy (non-hydrogen) atoms. The summed E-state index contributed by atoms with van der Waals surface area (Å²) >= 11 is 0. The van der Waals surface area contributed by atoms with Gasteiger partial charge in [0.2, 0.25) is 0 Å². The normalized spacial score (nSPS) is 16.2. The number of likely N-dealkylation sites (N-methyl/N-ethyl adjacent to an activating group) is 1. The number of rotatable bonds is 6. The van der Waals surface area contributed by atoms with Gasteiger partial charge in [0, 0.05) is 0 Å². The van der Waals surface area contributed by atoms with Crippen molar-refractivity contribution in [1.29, 1.82) is 0 Å². The van der Waals surface area contributed by atoms with Crippen molar-refractivity contribution in [2.45, 2.75) is 26.4 Å². The first-order valence-corrected chi connectivity index (χ1v) is 5.12. The first-order valence-electron chi connectivity index (χ1n) is 6.62. The molecule has 0 saturated heterocycles. The van der Waals surface area contributed by atoms with Crippen LogP contribution in [-0.2, 0) is 14.3 Å². The topological polar surface area (TPSA) is 63.6 Å². The van der Waals surface area contributed by atoms with Crippen LogP contribution in [0, 0.1) is 5.92 Å². The standard InChI is InChI=1S/C11H21NO4.ClH/c1-8(2)11(15)16-9(6-10(13)14)7-12(3,4)5;/h8-9H,6-7H2,1-5H3;1H/t9-;/m1./s1/i3D3;. The molecule has 0 heterocycles. The molecule has 0 aliphatic carbocycles. The lowest BCUT2D eigenvalue weighted by atomic mass is 10.2. The zero-order valence-electron chi connectivity index (χ0n) is 13.6. The second kappa shape index (κ2) is 7.50. The molecule has 0 aromatic carbocycles. The fourth-order valence-corrected chi connectivity index (χ4v) is 1.15. The minimum atomic E-state index is -2.30. The Labute approximate surface area is 113 Å². The number of quaternary nitrogens is 1. The van der Waals surface area contributed by atoms with E-state index < -0.39 is 35.9 Å². The van der Waals surface area contributed by atoms with E-state index in [0.29, 0.717) is 0 Å². The van der Waals surface area contributed by atoms with Gasteiger partial charge in [-0.25, -0.2) is 0 Å². The molecule has 0 radical (unpaired) electrons. The van der Waals surface area contributed by atoms with Gasteiger partial charge in [0.05, 0.1) is 37.5 Å². The first kappa shape index (κ1) is 12.6. The van der Waals surface area contributed by atoms with Gasteiger partial charge < -0.3 is 26.7 Å². The first-order chi connectivity index (χ1) is 8.36. The number of nitrogens with zero attached hydrogens (tertiary/aromatic N) is 1. The third kappa shape index (κ3) is 10.1. The molecule has 0 amide bonds. The lowest BCUT2D eigenvalue weighted by Gasteiger charge is -2.28. The van der Waals surface area contributed by atoms with Gasteiger partial charge >= 0.3 is 11.9 Å². The minimum absolute atomic E-state index is 0. The molecule has 1 atom stereocenters. The molecule has 0 aliphatic heterocycles. The molecule has 0 aromatic heterocycles. The molecular weight excluding hydrogens is 246 g/mol. The molecule has 0 rings (SSSR count). The maximum absolute atomic E-state index is 11.5. The van der Waals surface area contributed by atoms with Crippen molar-refractivity contribution >= 4 is 11.9 Å². The molecule has 6 heteroatoms. The number of carboxylic acid groups (broad SMARTS) is 1. The van der Waals surface area contributed by atoms with E-state index in [0.717, 1.165) is 0 Å². The van der Waals surface area contributed by atoms with Crippen molar-refractivity contribution in [2.24, 2.45) is 5.92 Å². The molecule has 0 aromatic rings. The van der Waals surface area contributed by atoms with Gasteiger partial charge in [-0.05, 0) is 0 Å². The van der Waals surface area contributed by atoms with E-state index in [1.165, 1.54) is 14.1 Å². The molecule has 0 unspecified atom stereocenters. The van der Waals surface area contributed by atoms with Crippen molar-refractivity contribution in [3.8, 4) is 0 Å². The number of carboxylic acids is 1. The summed E-state index contributed by atoms with van der Waals surface area (Å²) in [6, 6.07) is 0. The summed E-state index contributed by atoms with van der Waals surface area (Å²) in [6.07, 6.45) is -1.36. The van der Waals surface area contributed by atoms with Crippen LogP contribution in [0.5, 0.6) is 0 Å². The number of carbonyl (C=O) groups excluding carboxylic acids is 1.